The third-order valence-electron chi connectivity index (χ3n) is 0.178. The molecule has 10 heavy (non-hydrogen) atoms. The van der Waals surface area contributed by atoms with Crippen molar-refractivity contribution >= 4 is 39.8 Å². The first kappa shape index (κ1) is 13.6. The maximum atomic E-state index is 9.78. The molecule has 0 radical (unpaired) electrons. The zero-order valence-electron chi connectivity index (χ0n) is 4.65. The van der Waals surface area contributed by atoms with Gasteiger partial charge in [0.25, 0.3) is 0 Å². The van der Waals surface area contributed by atoms with Gasteiger partial charge >= 0.3 is 18.9 Å². The van der Waals surface area contributed by atoms with Crippen LogP contribution in [-0.4, -0.2) is 16.8 Å². The van der Waals surface area contributed by atoms with Gasteiger partial charge in [0.15, 0.2) is 18.5 Å². The van der Waals surface area contributed by atoms with Crippen molar-refractivity contribution in [2.75, 3.05) is 0 Å². The van der Waals surface area contributed by atoms with Gasteiger partial charge in [0.2, 0.25) is 0 Å². The third kappa shape index (κ3) is 11.8. The number of halogens is 2. The molecule has 0 atom stereocenters. The fourth-order valence-electron chi connectivity index (χ4n) is 0.106. The minimum atomic E-state index is -4.40. The minimum absolute atomic E-state index is 0. The Labute approximate surface area is 79.4 Å². The van der Waals surface area contributed by atoms with E-state index in [0.717, 1.165) is 0 Å². The van der Waals surface area contributed by atoms with Crippen molar-refractivity contribution in [2.24, 2.45) is 0 Å². The molecule has 0 aliphatic rings. The van der Waals surface area contributed by atoms with E-state index in [4.69, 9.17) is 0 Å². The fourth-order valence-corrected chi connectivity index (χ4v) is 2.55. The van der Waals surface area contributed by atoms with E-state index in [0.29, 0.717) is 0 Å². The van der Waals surface area contributed by atoms with E-state index in [1.807, 2.05) is 4.13 Å². The summed E-state index contributed by atoms with van der Waals surface area (Å²) in [5.74, 6) is 0. The van der Waals surface area contributed by atoms with E-state index < -0.39 is 18.5 Å². The zero-order chi connectivity index (χ0) is 7.71. The van der Waals surface area contributed by atoms with Crippen LogP contribution in [-0.2, 0) is 18.5 Å². The maximum absolute atomic E-state index is 9.78. The van der Waals surface area contributed by atoms with Gasteiger partial charge in [-0.15, -0.1) is 0 Å². The molecule has 0 amide bonds. The van der Waals surface area contributed by atoms with Gasteiger partial charge in [-0.05, 0) is 0 Å². The van der Waals surface area contributed by atoms with Gasteiger partial charge in [-0.2, -0.15) is 0 Å². The van der Waals surface area contributed by atoms with E-state index in [1.165, 1.54) is 0 Å². The molecule has 0 aliphatic heterocycles. The minimum Gasteiger partial charge on any atom is -0.408 e. The molecule has 0 aromatic rings. The van der Waals surface area contributed by atoms with E-state index >= 15 is 0 Å². The Balaban J connectivity index is 0. The van der Waals surface area contributed by atoms with Crippen molar-refractivity contribution in [1.29, 1.82) is 0 Å². The van der Waals surface area contributed by atoms with Crippen molar-refractivity contribution < 1.29 is 35.7 Å². The second kappa shape index (κ2) is 4.16. The molecule has 56 valence electrons. The molecule has 0 unspecified atom stereocenters. The average molecular weight is 220 g/mol. The largest absolute Gasteiger partial charge is 1.00 e. The number of hydrogen-bond donors (Lipinski definition) is 0. The zero-order valence-corrected chi connectivity index (χ0v) is 7.80. The molecular weight excluding hydrogens is 220 g/mol. The fraction of sp³-hybridized carbons (Fsp3) is 0. The Morgan fingerprint density at radius 2 is 1.10 bits per heavy atom. The Morgan fingerprint density at radius 1 is 0.900 bits per heavy atom. The molecule has 0 aromatic heterocycles. The Kier molecular flexibility index (Phi) is 5.66. The first-order chi connectivity index (χ1) is 3.71. The van der Waals surface area contributed by atoms with E-state index in [2.05, 4.69) is 21.4 Å². The molecule has 0 bridgehead atoms. The predicted octanol–water partition coefficient (Wildman–Crippen LogP) is -2.67. The summed E-state index contributed by atoms with van der Waals surface area (Å²) in [5, 5.41) is 0. The van der Waals surface area contributed by atoms with E-state index in [9.17, 15) is 16.8 Å². The van der Waals surface area contributed by atoms with E-state index in [-0.39, 0.29) is 18.9 Å². The van der Waals surface area contributed by atoms with E-state index in [1.54, 1.807) is 0 Å². The second-order valence-corrected chi connectivity index (χ2v) is 5.48. The molecule has 0 aromatic carbocycles. The van der Waals surface area contributed by atoms with Crippen LogP contribution in [0.2, 0.25) is 0 Å². The first-order valence-corrected chi connectivity index (χ1v) is 5.87. The molecule has 0 heterocycles. The van der Waals surface area contributed by atoms with Crippen LogP contribution >= 0.6 is 21.4 Å². The van der Waals surface area contributed by atoms with Crippen LogP contribution < -0.4 is 18.9 Å². The van der Waals surface area contributed by atoms with Crippen LogP contribution in [0.15, 0.2) is 0 Å². The van der Waals surface area contributed by atoms with Gasteiger partial charge in [0, 0.05) is 21.4 Å². The van der Waals surface area contributed by atoms with Gasteiger partial charge in [-0.1, -0.05) is 0 Å². The molecule has 10 heteroatoms. The first-order valence-electron chi connectivity index (χ1n) is 1.34. The maximum Gasteiger partial charge on any atom is 1.00 e. The van der Waals surface area contributed by atoms with Gasteiger partial charge in [0.1, 0.15) is 0 Å². The Bertz CT molecular complexity index is 246. The third-order valence-corrected chi connectivity index (χ3v) is 2.62. The Hall–Kier alpha value is 1.04. The van der Waals surface area contributed by atoms with Gasteiger partial charge in [-0.3, -0.25) is 0 Å². The summed E-state index contributed by atoms with van der Waals surface area (Å²) >= 11 is 0. The molecule has 0 aliphatic carbocycles. The molecular formula is Cl2LiNO4S2. The molecule has 0 saturated carbocycles. The van der Waals surface area contributed by atoms with Gasteiger partial charge < -0.3 is 4.13 Å². The van der Waals surface area contributed by atoms with Crippen LogP contribution in [0.4, 0.5) is 0 Å². The number of hydrogen-bond acceptors (Lipinski definition) is 4. The van der Waals surface area contributed by atoms with Crippen LogP contribution in [0.3, 0.4) is 0 Å². The molecule has 0 fully saturated rings. The normalized spacial score (nSPS) is 12.2. The predicted molar refractivity (Wildman–Crippen MR) is 32.9 cm³/mol. The topological polar surface area (TPSA) is 82.4 Å². The van der Waals surface area contributed by atoms with Crippen LogP contribution in [0.5, 0.6) is 0 Å². The second-order valence-electron chi connectivity index (χ2n) is 0.899. The van der Waals surface area contributed by atoms with Gasteiger partial charge in [0.05, 0.1) is 0 Å². The summed E-state index contributed by atoms with van der Waals surface area (Å²) in [5.41, 5.74) is 0. The average Bonchev–Trinajstić information content (AvgIpc) is 1.14. The SMILES string of the molecule is O=S(=O)(Cl)[N-]S(=O)(=O)Cl.[Li+]. The molecule has 5 nitrogen and oxygen atoms in total. The summed E-state index contributed by atoms with van der Waals surface area (Å²) in [6, 6.07) is 0. The Morgan fingerprint density at radius 3 is 1.10 bits per heavy atom. The van der Waals surface area contributed by atoms with Gasteiger partial charge in [-0.25, -0.2) is 16.8 Å². The summed E-state index contributed by atoms with van der Waals surface area (Å²) in [4.78, 5) is 0. The van der Waals surface area contributed by atoms with Crippen molar-refractivity contribution in [2.45, 2.75) is 0 Å². The summed E-state index contributed by atoms with van der Waals surface area (Å²) in [6.45, 7) is 0. The number of rotatable bonds is 2. The monoisotopic (exact) mass is 219 g/mol. The van der Waals surface area contributed by atoms with Crippen molar-refractivity contribution in [3.8, 4) is 0 Å². The number of nitrogens with zero attached hydrogens (tertiary/aromatic N) is 1. The smallest absolute Gasteiger partial charge is 0.408 e. The van der Waals surface area contributed by atoms with Crippen molar-refractivity contribution in [3.63, 3.8) is 0 Å². The summed E-state index contributed by atoms with van der Waals surface area (Å²) in [7, 11) is -0.0895. The molecule has 0 N–H and O–H groups in total. The molecule has 0 rings (SSSR count). The van der Waals surface area contributed by atoms with Crippen molar-refractivity contribution in [1.82, 2.24) is 0 Å². The molecule has 0 saturated heterocycles. The van der Waals surface area contributed by atoms with Crippen molar-refractivity contribution in [3.05, 3.63) is 4.13 Å². The summed E-state index contributed by atoms with van der Waals surface area (Å²) < 4.78 is 41.1. The van der Waals surface area contributed by atoms with Crippen LogP contribution in [0, 0.1) is 0 Å². The standard InChI is InChI=1S/Cl2NO4S2.Li/c1-8(4,5)3-9(2,6)7;/q-1;+1. The van der Waals surface area contributed by atoms with Crippen LogP contribution in [0.25, 0.3) is 4.13 Å². The molecule has 0 spiro atoms. The van der Waals surface area contributed by atoms with Crippen LogP contribution in [0.1, 0.15) is 0 Å². The quantitative estimate of drug-likeness (QED) is 0.375. The summed E-state index contributed by atoms with van der Waals surface area (Å²) in [6.07, 6.45) is 0.